The maximum absolute atomic E-state index is 12.7. The number of carbonyl (C=O) groups excluding carboxylic acids is 2. The van der Waals surface area contributed by atoms with Crippen LogP contribution in [-0.2, 0) is 11.2 Å². The van der Waals surface area contributed by atoms with Gasteiger partial charge in [-0.05, 0) is 61.1 Å². The van der Waals surface area contributed by atoms with E-state index in [1.54, 1.807) is 36.7 Å². The Morgan fingerprint density at radius 3 is 2.37 bits per heavy atom. The first-order valence-electron chi connectivity index (χ1n) is 9.97. The van der Waals surface area contributed by atoms with Gasteiger partial charge < -0.3 is 9.29 Å². The fourth-order valence-electron chi connectivity index (χ4n) is 4.50. The molecule has 154 valence electrons. The zero-order chi connectivity index (χ0) is 20.8. The van der Waals surface area contributed by atoms with Crippen LogP contribution in [0.1, 0.15) is 46.4 Å². The van der Waals surface area contributed by atoms with Crippen molar-refractivity contribution in [3.63, 3.8) is 0 Å². The summed E-state index contributed by atoms with van der Waals surface area (Å²) in [6, 6.07) is 10.6. The highest BCUT2D eigenvalue weighted by atomic mass is 32.2. The number of ether oxygens (including phenoxy) is 1. The van der Waals surface area contributed by atoms with Gasteiger partial charge in [0.1, 0.15) is 6.26 Å². The molecule has 1 aromatic heterocycles. The molecule has 1 aliphatic carbocycles. The summed E-state index contributed by atoms with van der Waals surface area (Å²) in [5.41, 5.74) is 1.80. The average Bonchev–Trinajstić information content (AvgIpc) is 3.32. The summed E-state index contributed by atoms with van der Waals surface area (Å²) >= 11 is -1.22. The van der Waals surface area contributed by atoms with Crippen LogP contribution < -0.4 is 4.74 Å². The lowest BCUT2D eigenvalue weighted by Gasteiger charge is -2.33. The van der Waals surface area contributed by atoms with E-state index in [9.17, 15) is 14.1 Å². The van der Waals surface area contributed by atoms with Crippen molar-refractivity contribution in [1.29, 1.82) is 0 Å². The van der Waals surface area contributed by atoms with Crippen molar-refractivity contribution in [3.8, 4) is 5.75 Å². The molecule has 1 saturated carbocycles. The molecule has 2 aliphatic rings. The number of H-pyrrole nitrogens is 1. The quantitative estimate of drug-likeness (QED) is 0.513. The third-order valence-electron chi connectivity index (χ3n) is 5.95. The van der Waals surface area contributed by atoms with Gasteiger partial charge in [0.2, 0.25) is 4.90 Å². The molecular formula is C22H21N3O4S. The van der Waals surface area contributed by atoms with E-state index in [4.69, 9.17) is 4.74 Å². The number of benzene rings is 2. The second-order valence-corrected chi connectivity index (χ2v) is 9.07. The molecule has 2 aromatic carbocycles. The van der Waals surface area contributed by atoms with Gasteiger partial charge in [-0.25, -0.2) is 0 Å². The normalized spacial score (nSPS) is 22.4. The van der Waals surface area contributed by atoms with Crippen molar-refractivity contribution in [2.75, 3.05) is 6.26 Å². The van der Waals surface area contributed by atoms with Crippen LogP contribution in [0.25, 0.3) is 10.9 Å². The first-order valence-corrected chi connectivity index (χ1v) is 11.5. The molecule has 0 radical (unpaired) electrons. The van der Waals surface area contributed by atoms with Gasteiger partial charge in [-0.3, -0.25) is 19.6 Å². The lowest BCUT2D eigenvalue weighted by molar-refractivity contribution is 0.0476. The molecule has 2 heterocycles. The Hall–Kier alpha value is -2.84. The van der Waals surface area contributed by atoms with E-state index in [0.717, 1.165) is 23.7 Å². The molecular weight excluding hydrogens is 402 g/mol. The van der Waals surface area contributed by atoms with Crippen LogP contribution >= 0.6 is 0 Å². The third kappa shape index (κ3) is 3.07. The molecule has 7 nitrogen and oxygen atoms in total. The Bertz CT molecular complexity index is 1100. The lowest BCUT2D eigenvalue weighted by Crippen LogP contribution is -2.43. The summed E-state index contributed by atoms with van der Waals surface area (Å²) in [6.45, 7) is 0. The summed E-state index contributed by atoms with van der Waals surface area (Å²) in [7, 11) is 0. The molecule has 1 N–H and O–H groups in total. The van der Waals surface area contributed by atoms with E-state index in [1.807, 2.05) is 12.1 Å². The molecule has 0 bridgehead atoms. The zero-order valence-electron chi connectivity index (χ0n) is 16.5. The number of nitrogens with one attached hydrogen (secondary N) is 1. The molecule has 0 spiro atoms. The van der Waals surface area contributed by atoms with E-state index in [2.05, 4.69) is 10.2 Å². The largest absolute Gasteiger partial charge is 0.612 e. The van der Waals surface area contributed by atoms with E-state index in [-0.39, 0.29) is 24.0 Å². The molecule has 1 fully saturated rings. The summed E-state index contributed by atoms with van der Waals surface area (Å²) in [5.74, 6) is 0.206. The molecule has 30 heavy (non-hydrogen) atoms. The Kier molecular flexibility index (Phi) is 4.75. The number of fused-ring (bicyclic) bond motifs is 2. The SMILES string of the molecule is C[S+]([O-])c1c(O[C@H]2CC[C@@H](N3C(=O)c4ccccc4C3=O)CC2)ccc2[nH]ncc12. The number of amides is 2. The summed E-state index contributed by atoms with van der Waals surface area (Å²) in [5, 5.41) is 7.72. The second-order valence-electron chi connectivity index (χ2n) is 7.75. The van der Waals surface area contributed by atoms with Crippen molar-refractivity contribution in [2.45, 2.75) is 42.7 Å². The number of carbonyl (C=O) groups is 2. The van der Waals surface area contributed by atoms with Gasteiger partial charge in [0.05, 0.1) is 34.3 Å². The predicted octanol–water partition coefficient (Wildman–Crippen LogP) is 3.29. The predicted molar refractivity (Wildman–Crippen MR) is 112 cm³/mol. The van der Waals surface area contributed by atoms with Crippen LogP contribution in [-0.4, -0.2) is 49.9 Å². The lowest BCUT2D eigenvalue weighted by atomic mass is 9.91. The van der Waals surface area contributed by atoms with E-state index >= 15 is 0 Å². The first-order chi connectivity index (χ1) is 14.5. The highest BCUT2D eigenvalue weighted by molar-refractivity contribution is 7.91. The van der Waals surface area contributed by atoms with Crippen molar-refractivity contribution < 1.29 is 18.9 Å². The maximum Gasteiger partial charge on any atom is 0.261 e. The molecule has 3 aromatic rings. The maximum atomic E-state index is 12.7. The topological polar surface area (TPSA) is 98.4 Å². The Labute approximate surface area is 176 Å². The van der Waals surface area contributed by atoms with Crippen molar-refractivity contribution in [1.82, 2.24) is 15.1 Å². The van der Waals surface area contributed by atoms with Crippen molar-refractivity contribution >= 4 is 33.9 Å². The van der Waals surface area contributed by atoms with Gasteiger partial charge in [0.25, 0.3) is 11.8 Å². The van der Waals surface area contributed by atoms with E-state index < -0.39 is 11.2 Å². The zero-order valence-corrected chi connectivity index (χ0v) is 17.3. The van der Waals surface area contributed by atoms with Crippen LogP contribution in [0.5, 0.6) is 5.75 Å². The van der Waals surface area contributed by atoms with Crippen LogP contribution in [0, 0.1) is 0 Å². The minimum atomic E-state index is -1.22. The highest BCUT2D eigenvalue weighted by Crippen LogP contribution is 2.36. The molecule has 0 saturated heterocycles. The van der Waals surface area contributed by atoms with E-state index in [0.29, 0.717) is 34.6 Å². The molecule has 1 unspecified atom stereocenters. The number of nitrogens with zero attached hydrogens (tertiary/aromatic N) is 2. The molecule has 1 atom stereocenters. The van der Waals surface area contributed by atoms with Gasteiger partial charge in [0, 0.05) is 6.04 Å². The van der Waals surface area contributed by atoms with Gasteiger partial charge in [-0.2, -0.15) is 5.10 Å². The fraction of sp³-hybridized carbons (Fsp3) is 0.318. The number of hydrogen-bond donors (Lipinski definition) is 1. The van der Waals surface area contributed by atoms with Crippen LogP contribution in [0.3, 0.4) is 0 Å². The Morgan fingerprint density at radius 2 is 1.73 bits per heavy atom. The number of aromatic nitrogens is 2. The standard InChI is InChI=1S/C22H21N3O4S/c1-30(28)20-17-12-23-24-18(17)10-11-19(20)29-14-8-6-13(7-9-14)25-21(26)15-4-2-3-5-16(15)22(25)27/h2-5,10-14H,6-9H2,1H3,(H,23,24)/t13-,14+,30?. The number of hydrogen-bond acceptors (Lipinski definition) is 5. The summed E-state index contributed by atoms with van der Waals surface area (Å²) < 4.78 is 18.6. The Balaban J connectivity index is 1.30. The summed E-state index contributed by atoms with van der Waals surface area (Å²) in [6.07, 6.45) is 6.06. The Morgan fingerprint density at radius 1 is 1.07 bits per heavy atom. The van der Waals surface area contributed by atoms with Gasteiger partial charge in [-0.1, -0.05) is 12.1 Å². The van der Waals surface area contributed by atoms with Crippen LogP contribution in [0.2, 0.25) is 0 Å². The van der Waals surface area contributed by atoms with Gasteiger partial charge in [-0.15, -0.1) is 0 Å². The number of imide groups is 1. The molecule has 5 rings (SSSR count). The number of rotatable bonds is 4. The van der Waals surface area contributed by atoms with Gasteiger partial charge >= 0.3 is 0 Å². The third-order valence-corrected chi connectivity index (χ3v) is 6.95. The minimum Gasteiger partial charge on any atom is -0.612 e. The fourth-order valence-corrected chi connectivity index (χ4v) is 5.37. The number of aromatic amines is 1. The smallest absolute Gasteiger partial charge is 0.261 e. The minimum absolute atomic E-state index is 0.0527. The highest BCUT2D eigenvalue weighted by Gasteiger charge is 2.41. The summed E-state index contributed by atoms with van der Waals surface area (Å²) in [4.78, 5) is 27.5. The second kappa shape index (κ2) is 7.45. The van der Waals surface area contributed by atoms with Gasteiger partial charge in [0.15, 0.2) is 5.75 Å². The van der Waals surface area contributed by atoms with Crippen molar-refractivity contribution in [2.24, 2.45) is 0 Å². The first kappa shape index (κ1) is 19.1. The molecule has 1 aliphatic heterocycles. The average molecular weight is 423 g/mol. The van der Waals surface area contributed by atoms with Crippen LogP contribution in [0.4, 0.5) is 0 Å². The van der Waals surface area contributed by atoms with Crippen LogP contribution in [0.15, 0.2) is 47.5 Å². The molecule has 8 heteroatoms. The van der Waals surface area contributed by atoms with Crippen molar-refractivity contribution in [3.05, 3.63) is 53.7 Å². The van der Waals surface area contributed by atoms with E-state index in [1.165, 1.54) is 4.90 Å². The molecule has 2 amide bonds. The monoisotopic (exact) mass is 423 g/mol.